The van der Waals surface area contributed by atoms with E-state index in [-0.39, 0.29) is 0 Å². The smallest absolute Gasteiger partial charge is 0.163 e. The van der Waals surface area contributed by atoms with Gasteiger partial charge in [0.1, 0.15) is 10.7 Å². The van der Waals surface area contributed by atoms with Gasteiger partial charge in [0.25, 0.3) is 0 Å². The number of hydrogen-bond acceptors (Lipinski definition) is 3. The van der Waals surface area contributed by atoms with Gasteiger partial charge in [-0.25, -0.2) is 0 Å². The van der Waals surface area contributed by atoms with Gasteiger partial charge in [-0.05, 0) is 28.1 Å². The molecule has 0 bridgehead atoms. The van der Waals surface area contributed by atoms with Crippen molar-refractivity contribution in [3.8, 4) is 6.07 Å². The Bertz CT molecular complexity index is 235. The third kappa shape index (κ3) is 1.47. The van der Waals surface area contributed by atoms with Crippen LogP contribution in [0.15, 0.2) is 16.7 Å². The maximum atomic E-state index is 8.26. The number of halogens is 1. The maximum Gasteiger partial charge on any atom is 0.163 e. The fourth-order valence-electron chi connectivity index (χ4n) is 0.376. The molecular formula is C5H2BrN3. The molecule has 4 heteroatoms. The predicted molar refractivity (Wildman–Crippen MR) is 34.4 cm³/mol. The van der Waals surface area contributed by atoms with Gasteiger partial charge in [-0.1, -0.05) is 0 Å². The third-order valence-electron chi connectivity index (χ3n) is 0.747. The lowest BCUT2D eigenvalue weighted by molar-refractivity contribution is 0.985. The molecule has 9 heavy (non-hydrogen) atoms. The summed E-state index contributed by atoms with van der Waals surface area (Å²) in [7, 11) is 0. The van der Waals surface area contributed by atoms with Crippen LogP contribution in [0.2, 0.25) is 0 Å². The largest absolute Gasteiger partial charge is 0.191 e. The molecule has 0 aliphatic carbocycles. The first kappa shape index (κ1) is 6.17. The van der Waals surface area contributed by atoms with Crippen molar-refractivity contribution in [2.45, 2.75) is 0 Å². The second-order valence-electron chi connectivity index (χ2n) is 1.35. The van der Waals surface area contributed by atoms with E-state index >= 15 is 0 Å². The van der Waals surface area contributed by atoms with Gasteiger partial charge in [0.05, 0.1) is 0 Å². The number of rotatable bonds is 0. The Morgan fingerprint density at radius 2 is 2.22 bits per heavy atom. The van der Waals surface area contributed by atoms with E-state index in [1.807, 2.05) is 6.07 Å². The molecule has 0 fully saturated rings. The van der Waals surface area contributed by atoms with Crippen LogP contribution < -0.4 is 0 Å². The van der Waals surface area contributed by atoms with Crippen molar-refractivity contribution in [3.63, 3.8) is 0 Å². The van der Waals surface area contributed by atoms with Crippen molar-refractivity contribution in [1.29, 1.82) is 5.26 Å². The van der Waals surface area contributed by atoms with Crippen LogP contribution in [0.3, 0.4) is 0 Å². The molecule has 0 spiro atoms. The molecule has 3 nitrogen and oxygen atoms in total. The SMILES string of the molecule is N#Cc1ccc(Br)nn1. The second-order valence-corrected chi connectivity index (χ2v) is 2.17. The lowest BCUT2D eigenvalue weighted by atomic mass is 10.4. The molecule has 0 aromatic carbocycles. The van der Waals surface area contributed by atoms with Gasteiger partial charge >= 0.3 is 0 Å². The number of aromatic nitrogens is 2. The second kappa shape index (κ2) is 2.55. The highest BCUT2D eigenvalue weighted by Gasteiger charge is 1.89. The van der Waals surface area contributed by atoms with Gasteiger partial charge < -0.3 is 0 Å². The molecule has 0 amide bonds. The minimum Gasteiger partial charge on any atom is -0.191 e. The van der Waals surface area contributed by atoms with Crippen molar-refractivity contribution in [3.05, 3.63) is 22.4 Å². The molecule has 0 N–H and O–H groups in total. The summed E-state index contributed by atoms with van der Waals surface area (Å²) >= 11 is 3.09. The summed E-state index contributed by atoms with van der Waals surface area (Å²) in [5.74, 6) is 0. The Balaban J connectivity index is 3.06. The molecule has 1 aromatic heterocycles. The summed E-state index contributed by atoms with van der Waals surface area (Å²) in [6.45, 7) is 0. The van der Waals surface area contributed by atoms with E-state index in [1.54, 1.807) is 12.1 Å². The molecule has 0 atom stereocenters. The average Bonchev–Trinajstić information content (AvgIpc) is 1.90. The van der Waals surface area contributed by atoms with Gasteiger partial charge in [-0.15, -0.1) is 10.2 Å². The van der Waals surface area contributed by atoms with Crippen molar-refractivity contribution in [1.82, 2.24) is 10.2 Å². The Kier molecular flexibility index (Phi) is 1.75. The Labute approximate surface area is 60.5 Å². The van der Waals surface area contributed by atoms with E-state index in [1.165, 1.54) is 0 Å². The predicted octanol–water partition coefficient (Wildman–Crippen LogP) is 1.11. The first-order chi connectivity index (χ1) is 4.33. The Morgan fingerprint density at radius 3 is 2.67 bits per heavy atom. The lowest BCUT2D eigenvalue weighted by Gasteiger charge is -1.84. The van der Waals surface area contributed by atoms with Crippen molar-refractivity contribution >= 4 is 15.9 Å². The minimum atomic E-state index is 0.332. The van der Waals surface area contributed by atoms with Crippen LogP contribution in [0.4, 0.5) is 0 Å². The van der Waals surface area contributed by atoms with Crippen LogP contribution in [0, 0.1) is 11.3 Å². The topological polar surface area (TPSA) is 49.6 Å². The van der Waals surface area contributed by atoms with Crippen LogP contribution in [0.1, 0.15) is 5.69 Å². The lowest BCUT2D eigenvalue weighted by Crippen LogP contribution is -1.84. The van der Waals surface area contributed by atoms with Gasteiger partial charge in [0.15, 0.2) is 5.69 Å². The molecule has 1 aromatic rings. The number of nitrogens with zero attached hydrogens (tertiary/aromatic N) is 3. The quantitative estimate of drug-likeness (QED) is 0.606. The van der Waals surface area contributed by atoms with Crippen LogP contribution in [-0.4, -0.2) is 10.2 Å². The van der Waals surface area contributed by atoms with E-state index in [0.29, 0.717) is 10.3 Å². The van der Waals surface area contributed by atoms with Gasteiger partial charge in [0.2, 0.25) is 0 Å². The summed E-state index contributed by atoms with van der Waals surface area (Å²) in [6, 6.07) is 5.13. The first-order valence-electron chi connectivity index (χ1n) is 2.22. The van der Waals surface area contributed by atoms with Crippen molar-refractivity contribution < 1.29 is 0 Å². The average molecular weight is 184 g/mol. The molecule has 0 saturated heterocycles. The molecular weight excluding hydrogens is 182 g/mol. The van der Waals surface area contributed by atoms with E-state index in [9.17, 15) is 0 Å². The number of hydrogen-bond donors (Lipinski definition) is 0. The molecule has 0 radical (unpaired) electrons. The molecule has 44 valence electrons. The molecule has 0 saturated carbocycles. The van der Waals surface area contributed by atoms with Gasteiger partial charge in [-0.2, -0.15) is 5.26 Å². The maximum absolute atomic E-state index is 8.26. The summed E-state index contributed by atoms with van der Waals surface area (Å²) in [6.07, 6.45) is 0. The zero-order valence-electron chi connectivity index (χ0n) is 4.37. The molecule has 0 aliphatic heterocycles. The van der Waals surface area contributed by atoms with E-state index < -0.39 is 0 Å². The standard InChI is InChI=1S/C5H2BrN3/c6-5-2-1-4(3-7)8-9-5/h1-2H. The zero-order chi connectivity index (χ0) is 6.69. The fraction of sp³-hybridized carbons (Fsp3) is 0. The zero-order valence-corrected chi connectivity index (χ0v) is 5.96. The van der Waals surface area contributed by atoms with Crippen LogP contribution in [0.25, 0.3) is 0 Å². The highest BCUT2D eigenvalue weighted by Crippen LogP contribution is 2.01. The molecule has 1 rings (SSSR count). The summed E-state index contributed by atoms with van der Waals surface area (Å²) in [5.41, 5.74) is 0.332. The minimum absolute atomic E-state index is 0.332. The van der Waals surface area contributed by atoms with Crippen molar-refractivity contribution in [2.24, 2.45) is 0 Å². The molecule has 1 heterocycles. The summed E-state index contributed by atoms with van der Waals surface area (Å²) < 4.78 is 0.640. The van der Waals surface area contributed by atoms with Gasteiger partial charge in [-0.3, -0.25) is 0 Å². The van der Waals surface area contributed by atoms with Crippen LogP contribution in [-0.2, 0) is 0 Å². The Morgan fingerprint density at radius 1 is 1.44 bits per heavy atom. The fourth-order valence-corrected chi connectivity index (χ4v) is 0.587. The highest BCUT2D eigenvalue weighted by molar-refractivity contribution is 9.10. The van der Waals surface area contributed by atoms with Gasteiger partial charge in [0, 0.05) is 0 Å². The highest BCUT2D eigenvalue weighted by atomic mass is 79.9. The molecule has 0 unspecified atom stereocenters. The van der Waals surface area contributed by atoms with E-state index in [0.717, 1.165) is 0 Å². The summed E-state index contributed by atoms with van der Waals surface area (Å²) in [4.78, 5) is 0. The van der Waals surface area contributed by atoms with E-state index in [2.05, 4.69) is 26.1 Å². The third-order valence-corrected chi connectivity index (χ3v) is 1.17. The summed E-state index contributed by atoms with van der Waals surface area (Å²) in [5, 5.41) is 15.4. The van der Waals surface area contributed by atoms with E-state index in [4.69, 9.17) is 5.26 Å². The van der Waals surface area contributed by atoms with Crippen LogP contribution in [0.5, 0.6) is 0 Å². The number of nitriles is 1. The Hall–Kier alpha value is -0.950. The molecule has 0 aliphatic rings. The van der Waals surface area contributed by atoms with Crippen molar-refractivity contribution in [2.75, 3.05) is 0 Å². The monoisotopic (exact) mass is 183 g/mol. The normalized spacial score (nSPS) is 8.44. The first-order valence-corrected chi connectivity index (χ1v) is 3.01. The van der Waals surface area contributed by atoms with Crippen LogP contribution >= 0.6 is 15.9 Å².